The van der Waals surface area contributed by atoms with Crippen LogP contribution in [0.4, 0.5) is 0 Å². The van der Waals surface area contributed by atoms with Crippen LogP contribution in [-0.2, 0) is 0 Å². The minimum atomic E-state index is -0.194. The molecule has 0 aromatic heterocycles. The first-order valence-electron chi connectivity index (χ1n) is 6.04. The first-order chi connectivity index (χ1) is 8.60. The van der Waals surface area contributed by atoms with E-state index in [9.17, 15) is 9.90 Å². The predicted molar refractivity (Wildman–Crippen MR) is 66.8 cm³/mol. The maximum Gasteiger partial charge on any atom is 0.253 e. The van der Waals surface area contributed by atoms with Gasteiger partial charge in [0, 0.05) is 19.2 Å². The lowest BCUT2D eigenvalue weighted by molar-refractivity contribution is 0.0265. The van der Waals surface area contributed by atoms with Gasteiger partial charge in [-0.15, -0.1) is 0 Å². The molecule has 1 amide bonds. The summed E-state index contributed by atoms with van der Waals surface area (Å²) in [7, 11) is 1.76. The summed E-state index contributed by atoms with van der Waals surface area (Å²) in [5.41, 5.74) is 1.03. The Hall–Kier alpha value is -1.86. The van der Waals surface area contributed by atoms with Crippen molar-refractivity contribution in [3.8, 4) is 6.07 Å². The van der Waals surface area contributed by atoms with E-state index in [1.165, 1.54) is 0 Å². The van der Waals surface area contributed by atoms with E-state index in [2.05, 4.69) is 0 Å². The van der Waals surface area contributed by atoms with E-state index >= 15 is 0 Å². The van der Waals surface area contributed by atoms with Crippen molar-refractivity contribution in [1.29, 1.82) is 5.26 Å². The third-order valence-electron chi connectivity index (χ3n) is 3.33. The molecule has 4 nitrogen and oxygen atoms in total. The van der Waals surface area contributed by atoms with E-state index in [0.29, 0.717) is 23.6 Å². The quantitative estimate of drug-likeness (QED) is 0.874. The Morgan fingerprint density at radius 3 is 2.89 bits per heavy atom. The standard InChI is InChI=1S/C14H16N2O2/c1-16(9-11-6-13(17)7-11)14(18)12-4-2-3-10(5-12)8-15/h2-5,11,13,17H,6-7,9H2,1H3. The van der Waals surface area contributed by atoms with Crippen LogP contribution in [-0.4, -0.2) is 35.6 Å². The molecule has 0 unspecified atom stereocenters. The molecule has 1 aromatic rings. The number of carbonyl (C=O) groups is 1. The fourth-order valence-electron chi connectivity index (χ4n) is 2.26. The molecule has 2 rings (SSSR count). The molecule has 0 aliphatic heterocycles. The molecule has 1 aliphatic carbocycles. The maximum atomic E-state index is 12.1. The Bertz CT molecular complexity index is 487. The zero-order valence-corrected chi connectivity index (χ0v) is 10.3. The zero-order valence-electron chi connectivity index (χ0n) is 10.3. The third kappa shape index (κ3) is 2.69. The van der Waals surface area contributed by atoms with Crippen molar-refractivity contribution < 1.29 is 9.90 Å². The van der Waals surface area contributed by atoms with Crippen molar-refractivity contribution in [3.63, 3.8) is 0 Å². The lowest BCUT2D eigenvalue weighted by Crippen LogP contribution is -2.39. The average molecular weight is 244 g/mol. The summed E-state index contributed by atoms with van der Waals surface area (Å²) in [6, 6.07) is 8.74. The molecule has 1 fully saturated rings. The van der Waals surface area contributed by atoms with Crippen LogP contribution in [0.3, 0.4) is 0 Å². The number of amides is 1. The Morgan fingerprint density at radius 1 is 1.56 bits per heavy atom. The molecule has 18 heavy (non-hydrogen) atoms. The Morgan fingerprint density at radius 2 is 2.28 bits per heavy atom. The van der Waals surface area contributed by atoms with Crippen LogP contribution >= 0.6 is 0 Å². The fourth-order valence-corrected chi connectivity index (χ4v) is 2.26. The van der Waals surface area contributed by atoms with Crippen LogP contribution < -0.4 is 0 Å². The lowest BCUT2D eigenvalue weighted by Gasteiger charge is -2.34. The highest BCUT2D eigenvalue weighted by atomic mass is 16.3. The van der Waals surface area contributed by atoms with Gasteiger partial charge in [-0.3, -0.25) is 4.79 Å². The van der Waals surface area contributed by atoms with Gasteiger partial charge in [0.25, 0.3) is 5.91 Å². The van der Waals surface area contributed by atoms with Crippen molar-refractivity contribution in [1.82, 2.24) is 4.90 Å². The normalized spacial score (nSPS) is 21.8. The number of benzene rings is 1. The second-order valence-electron chi connectivity index (χ2n) is 4.87. The van der Waals surface area contributed by atoms with Crippen molar-refractivity contribution in [3.05, 3.63) is 35.4 Å². The SMILES string of the molecule is CN(CC1CC(O)C1)C(=O)c1cccc(C#N)c1. The van der Waals surface area contributed by atoms with E-state index in [0.717, 1.165) is 12.8 Å². The van der Waals surface area contributed by atoms with Crippen LogP contribution in [0.5, 0.6) is 0 Å². The van der Waals surface area contributed by atoms with Crippen LogP contribution in [0.15, 0.2) is 24.3 Å². The molecule has 1 aliphatic rings. The number of carbonyl (C=O) groups excluding carboxylic acids is 1. The second-order valence-corrected chi connectivity index (χ2v) is 4.87. The van der Waals surface area contributed by atoms with Crippen molar-refractivity contribution in [2.24, 2.45) is 5.92 Å². The molecule has 1 aromatic carbocycles. The molecule has 0 atom stereocenters. The first-order valence-corrected chi connectivity index (χ1v) is 6.04. The molecule has 0 heterocycles. The van der Waals surface area contributed by atoms with Gasteiger partial charge in [-0.2, -0.15) is 5.26 Å². The second kappa shape index (κ2) is 5.19. The van der Waals surface area contributed by atoms with Gasteiger partial charge in [-0.05, 0) is 37.0 Å². The highest BCUT2D eigenvalue weighted by molar-refractivity contribution is 5.94. The van der Waals surface area contributed by atoms with Crippen LogP contribution in [0.1, 0.15) is 28.8 Å². The van der Waals surface area contributed by atoms with Gasteiger partial charge in [0.1, 0.15) is 0 Å². The third-order valence-corrected chi connectivity index (χ3v) is 3.33. The Balaban J connectivity index is 1.99. The number of nitriles is 1. The largest absolute Gasteiger partial charge is 0.393 e. The van der Waals surface area contributed by atoms with Crippen LogP contribution in [0, 0.1) is 17.2 Å². The first kappa shape index (κ1) is 12.6. The lowest BCUT2D eigenvalue weighted by atomic mass is 9.82. The van der Waals surface area contributed by atoms with Crippen molar-refractivity contribution >= 4 is 5.91 Å². The molecule has 1 saturated carbocycles. The minimum absolute atomic E-state index is 0.0755. The van der Waals surface area contributed by atoms with Gasteiger partial charge in [0.15, 0.2) is 0 Å². The number of aliphatic hydroxyl groups is 1. The van der Waals surface area contributed by atoms with E-state index in [1.54, 1.807) is 36.2 Å². The van der Waals surface area contributed by atoms with Crippen LogP contribution in [0.2, 0.25) is 0 Å². The topological polar surface area (TPSA) is 64.3 Å². The molecular weight excluding hydrogens is 228 g/mol. The summed E-state index contributed by atoms with van der Waals surface area (Å²) >= 11 is 0. The summed E-state index contributed by atoms with van der Waals surface area (Å²) in [6.45, 7) is 0.659. The predicted octanol–water partition coefficient (Wildman–Crippen LogP) is 1.40. The molecule has 94 valence electrons. The average Bonchev–Trinajstić information content (AvgIpc) is 2.36. The van der Waals surface area contributed by atoms with Gasteiger partial charge < -0.3 is 10.0 Å². The van der Waals surface area contributed by atoms with Crippen molar-refractivity contribution in [2.45, 2.75) is 18.9 Å². The van der Waals surface area contributed by atoms with Gasteiger partial charge in [-0.25, -0.2) is 0 Å². The van der Waals surface area contributed by atoms with Gasteiger partial charge in [0.05, 0.1) is 17.7 Å². The van der Waals surface area contributed by atoms with E-state index < -0.39 is 0 Å². The Kier molecular flexibility index (Phi) is 3.63. The smallest absolute Gasteiger partial charge is 0.253 e. The monoisotopic (exact) mass is 244 g/mol. The summed E-state index contributed by atoms with van der Waals surface area (Å²) in [5, 5.41) is 18.0. The van der Waals surface area contributed by atoms with Gasteiger partial charge >= 0.3 is 0 Å². The molecule has 0 bridgehead atoms. The summed E-state index contributed by atoms with van der Waals surface area (Å²) in [6.07, 6.45) is 1.35. The molecule has 0 radical (unpaired) electrons. The van der Waals surface area contributed by atoms with Crippen LogP contribution in [0.25, 0.3) is 0 Å². The molecule has 4 heteroatoms. The Labute approximate surface area is 106 Å². The molecular formula is C14H16N2O2. The molecule has 1 N–H and O–H groups in total. The summed E-state index contributed by atoms with van der Waals surface area (Å²) in [4.78, 5) is 13.8. The van der Waals surface area contributed by atoms with E-state index in [4.69, 9.17) is 5.26 Å². The maximum absolute atomic E-state index is 12.1. The summed E-state index contributed by atoms with van der Waals surface area (Å²) in [5.74, 6) is 0.321. The number of rotatable bonds is 3. The number of hydrogen-bond acceptors (Lipinski definition) is 3. The highest BCUT2D eigenvalue weighted by Gasteiger charge is 2.29. The minimum Gasteiger partial charge on any atom is -0.393 e. The zero-order chi connectivity index (χ0) is 13.1. The number of aliphatic hydroxyl groups excluding tert-OH is 1. The highest BCUT2D eigenvalue weighted by Crippen LogP contribution is 2.27. The number of nitrogens with zero attached hydrogens (tertiary/aromatic N) is 2. The molecule has 0 spiro atoms. The fraction of sp³-hybridized carbons (Fsp3) is 0.429. The molecule has 0 saturated heterocycles. The van der Waals surface area contributed by atoms with E-state index in [-0.39, 0.29) is 12.0 Å². The summed E-state index contributed by atoms with van der Waals surface area (Å²) < 4.78 is 0. The van der Waals surface area contributed by atoms with Gasteiger partial charge in [-0.1, -0.05) is 6.07 Å². The van der Waals surface area contributed by atoms with Gasteiger partial charge in [0.2, 0.25) is 0 Å². The van der Waals surface area contributed by atoms with Crippen molar-refractivity contribution in [2.75, 3.05) is 13.6 Å². The van der Waals surface area contributed by atoms with E-state index in [1.807, 2.05) is 6.07 Å². The number of hydrogen-bond donors (Lipinski definition) is 1.